The van der Waals surface area contributed by atoms with Crippen molar-refractivity contribution in [3.05, 3.63) is 45.3 Å². The summed E-state index contributed by atoms with van der Waals surface area (Å²) < 4.78 is 0. The fourth-order valence-electron chi connectivity index (χ4n) is 4.25. The van der Waals surface area contributed by atoms with E-state index in [1.807, 2.05) is 30.4 Å². The Kier molecular flexibility index (Phi) is 4.49. The van der Waals surface area contributed by atoms with E-state index in [0.29, 0.717) is 11.6 Å². The number of hydrogen-bond acceptors (Lipinski definition) is 5. The van der Waals surface area contributed by atoms with E-state index in [4.69, 9.17) is 4.98 Å². The second kappa shape index (κ2) is 6.78. The van der Waals surface area contributed by atoms with Gasteiger partial charge in [-0.2, -0.15) is 5.26 Å². The van der Waals surface area contributed by atoms with E-state index >= 15 is 0 Å². The van der Waals surface area contributed by atoms with Crippen molar-refractivity contribution in [3.8, 4) is 6.07 Å². The lowest BCUT2D eigenvalue weighted by molar-refractivity contribution is 0.168. The Morgan fingerprint density at radius 1 is 1.20 bits per heavy atom. The summed E-state index contributed by atoms with van der Waals surface area (Å²) in [5.41, 5.74) is 1.69. The smallest absolute Gasteiger partial charge is 0.147 e. The van der Waals surface area contributed by atoms with E-state index in [1.54, 1.807) is 0 Å². The highest BCUT2D eigenvalue weighted by molar-refractivity contribution is 7.11. The number of aromatic nitrogens is 1. The van der Waals surface area contributed by atoms with Crippen LogP contribution in [0, 0.1) is 31.1 Å². The minimum Gasteiger partial charge on any atom is -0.351 e. The Morgan fingerprint density at radius 2 is 2.04 bits per heavy atom. The van der Waals surface area contributed by atoms with Gasteiger partial charge in [0.15, 0.2) is 0 Å². The molecule has 0 bridgehead atoms. The number of thiophene rings is 1. The van der Waals surface area contributed by atoms with Crippen LogP contribution in [0.3, 0.4) is 0 Å². The summed E-state index contributed by atoms with van der Waals surface area (Å²) >= 11 is 1.90. The predicted octanol–water partition coefficient (Wildman–Crippen LogP) is 3.73. The van der Waals surface area contributed by atoms with Crippen LogP contribution in [0.25, 0.3) is 0 Å². The lowest BCUT2D eigenvalue weighted by atomic mass is 9.92. The molecule has 2 atom stereocenters. The van der Waals surface area contributed by atoms with Crippen molar-refractivity contribution in [2.24, 2.45) is 5.92 Å². The van der Waals surface area contributed by atoms with Gasteiger partial charge >= 0.3 is 0 Å². The van der Waals surface area contributed by atoms with Crippen molar-refractivity contribution in [1.29, 1.82) is 5.26 Å². The van der Waals surface area contributed by atoms with Gasteiger partial charge < -0.3 is 4.90 Å². The molecule has 4 nitrogen and oxygen atoms in total. The molecule has 130 valence electrons. The predicted molar refractivity (Wildman–Crippen MR) is 102 cm³/mol. The number of nitriles is 1. The van der Waals surface area contributed by atoms with Gasteiger partial charge in [-0.05, 0) is 63.4 Å². The topological polar surface area (TPSA) is 43.2 Å². The number of nitrogens with zero attached hydrogens (tertiary/aromatic N) is 4. The molecule has 0 spiro atoms. The molecule has 0 aromatic carbocycles. The van der Waals surface area contributed by atoms with Crippen LogP contribution < -0.4 is 4.90 Å². The number of piperidine rings is 1. The fraction of sp³-hybridized carbons (Fsp3) is 0.500. The van der Waals surface area contributed by atoms with E-state index in [0.717, 1.165) is 37.1 Å². The lowest BCUT2D eigenvalue weighted by Crippen LogP contribution is -2.48. The van der Waals surface area contributed by atoms with Gasteiger partial charge in [0.25, 0.3) is 0 Å². The molecule has 4 heterocycles. The second-order valence-corrected chi connectivity index (χ2v) is 8.65. The van der Waals surface area contributed by atoms with E-state index in [9.17, 15) is 5.26 Å². The molecule has 0 aliphatic carbocycles. The van der Waals surface area contributed by atoms with Crippen molar-refractivity contribution in [1.82, 2.24) is 9.88 Å². The van der Waals surface area contributed by atoms with Gasteiger partial charge in [-0.15, -0.1) is 11.3 Å². The molecule has 2 aliphatic heterocycles. The molecule has 5 heteroatoms. The third kappa shape index (κ3) is 3.29. The Hall–Kier alpha value is -1.90. The molecule has 0 radical (unpaired) electrons. The molecule has 2 aliphatic rings. The SMILES string of the molecule is Cc1ccc(C#N)c(N2CCC3CCN(Cc4ccc(C)s4)CC32)n1. The van der Waals surface area contributed by atoms with E-state index in [1.165, 1.54) is 29.1 Å². The van der Waals surface area contributed by atoms with E-state index in [2.05, 4.69) is 34.9 Å². The van der Waals surface area contributed by atoms with Gasteiger partial charge in [0.2, 0.25) is 0 Å². The highest BCUT2D eigenvalue weighted by Gasteiger charge is 2.39. The second-order valence-electron chi connectivity index (χ2n) is 7.28. The summed E-state index contributed by atoms with van der Waals surface area (Å²) in [7, 11) is 0. The monoisotopic (exact) mass is 352 g/mol. The van der Waals surface area contributed by atoms with Crippen LogP contribution in [-0.4, -0.2) is 35.6 Å². The zero-order valence-corrected chi connectivity index (χ0v) is 15.7. The van der Waals surface area contributed by atoms with Crippen LogP contribution in [0.4, 0.5) is 5.82 Å². The Balaban J connectivity index is 1.54. The van der Waals surface area contributed by atoms with Crippen LogP contribution in [0.5, 0.6) is 0 Å². The molecule has 0 saturated carbocycles. The largest absolute Gasteiger partial charge is 0.351 e. The summed E-state index contributed by atoms with van der Waals surface area (Å²) in [5, 5.41) is 9.49. The maximum absolute atomic E-state index is 9.49. The van der Waals surface area contributed by atoms with Crippen LogP contribution in [0.15, 0.2) is 24.3 Å². The zero-order valence-electron chi connectivity index (χ0n) is 14.9. The molecule has 2 unspecified atom stereocenters. The van der Waals surface area contributed by atoms with Crippen LogP contribution in [0.1, 0.15) is 33.9 Å². The van der Waals surface area contributed by atoms with Crippen molar-refractivity contribution in [2.45, 2.75) is 39.3 Å². The van der Waals surface area contributed by atoms with Gasteiger partial charge in [0.1, 0.15) is 11.9 Å². The van der Waals surface area contributed by atoms with E-state index < -0.39 is 0 Å². The zero-order chi connectivity index (χ0) is 17.4. The first-order valence-corrected chi connectivity index (χ1v) is 9.88. The molecule has 2 saturated heterocycles. The Morgan fingerprint density at radius 3 is 2.80 bits per heavy atom. The van der Waals surface area contributed by atoms with Crippen LogP contribution in [-0.2, 0) is 6.54 Å². The lowest BCUT2D eigenvalue weighted by Gasteiger charge is -2.39. The van der Waals surface area contributed by atoms with Crippen LogP contribution >= 0.6 is 11.3 Å². The van der Waals surface area contributed by atoms with Crippen molar-refractivity contribution >= 4 is 17.2 Å². The summed E-state index contributed by atoms with van der Waals surface area (Å²) in [5.74, 6) is 1.62. The Labute approximate surface area is 153 Å². The number of likely N-dealkylation sites (tertiary alicyclic amines) is 1. The molecular formula is C20H24N4S. The first kappa shape index (κ1) is 16.6. The average molecular weight is 353 g/mol. The van der Waals surface area contributed by atoms with Gasteiger partial charge in [-0.1, -0.05) is 0 Å². The summed E-state index contributed by atoms with van der Waals surface area (Å²) in [6, 6.07) is 11.1. The molecule has 2 fully saturated rings. The van der Waals surface area contributed by atoms with E-state index in [-0.39, 0.29) is 0 Å². The Bertz CT molecular complexity index is 806. The number of pyridine rings is 1. The fourth-order valence-corrected chi connectivity index (χ4v) is 5.19. The summed E-state index contributed by atoms with van der Waals surface area (Å²) in [4.78, 5) is 12.5. The van der Waals surface area contributed by atoms with Gasteiger partial charge in [-0.25, -0.2) is 4.98 Å². The third-order valence-electron chi connectivity index (χ3n) is 5.53. The molecule has 0 amide bonds. The normalized spacial score (nSPS) is 23.5. The standard InChI is InChI=1S/C20H24N4S/c1-14-3-5-17(11-21)20(22-14)24-10-8-16-7-9-23(13-19(16)24)12-18-6-4-15(2)25-18/h3-6,16,19H,7-10,12-13H2,1-2H3. The third-order valence-corrected chi connectivity index (χ3v) is 6.51. The minimum atomic E-state index is 0.483. The highest BCUT2D eigenvalue weighted by Crippen LogP contribution is 2.36. The summed E-state index contributed by atoms with van der Waals surface area (Å²) in [6.07, 6.45) is 2.47. The molecule has 2 aromatic rings. The average Bonchev–Trinajstić information content (AvgIpc) is 3.20. The number of hydrogen-bond donors (Lipinski definition) is 0. The molecule has 25 heavy (non-hydrogen) atoms. The number of rotatable bonds is 3. The molecule has 0 N–H and O–H groups in total. The first-order valence-electron chi connectivity index (χ1n) is 9.06. The van der Waals surface area contributed by atoms with Crippen LogP contribution in [0.2, 0.25) is 0 Å². The van der Waals surface area contributed by atoms with Gasteiger partial charge in [0.05, 0.1) is 5.56 Å². The molecule has 4 rings (SSSR count). The summed E-state index contributed by atoms with van der Waals surface area (Å²) in [6.45, 7) is 8.49. The number of anilines is 1. The van der Waals surface area contributed by atoms with Crippen molar-refractivity contribution < 1.29 is 0 Å². The van der Waals surface area contributed by atoms with Crippen molar-refractivity contribution in [3.63, 3.8) is 0 Å². The maximum Gasteiger partial charge on any atom is 0.147 e. The first-order chi connectivity index (χ1) is 12.1. The maximum atomic E-state index is 9.49. The number of fused-ring (bicyclic) bond motifs is 1. The molecular weight excluding hydrogens is 328 g/mol. The van der Waals surface area contributed by atoms with Crippen molar-refractivity contribution in [2.75, 3.05) is 24.5 Å². The quantitative estimate of drug-likeness (QED) is 0.844. The highest BCUT2D eigenvalue weighted by atomic mass is 32.1. The minimum absolute atomic E-state index is 0.483. The van der Waals surface area contributed by atoms with Gasteiger partial charge in [0, 0.05) is 41.1 Å². The number of aryl methyl sites for hydroxylation is 2. The van der Waals surface area contributed by atoms with Gasteiger partial charge in [-0.3, -0.25) is 4.90 Å². The molecule has 2 aromatic heterocycles.